The second kappa shape index (κ2) is 3.90. The summed E-state index contributed by atoms with van der Waals surface area (Å²) in [5.41, 5.74) is 1.25. The van der Waals surface area contributed by atoms with E-state index in [1.807, 2.05) is 18.2 Å². The molecule has 1 aromatic rings. The summed E-state index contributed by atoms with van der Waals surface area (Å²) in [5.74, 6) is 0. The van der Waals surface area contributed by atoms with E-state index in [0.717, 1.165) is 6.42 Å². The van der Waals surface area contributed by atoms with Crippen molar-refractivity contribution in [3.05, 3.63) is 35.9 Å². The van der Waals surface area contributed by atoms with Gasteiger partial charge < -0.3 is 9.47 Å². The first-order chi connectivity index (χ1) is 6.36. The molecule has 0 N–H and O–H groups in total. The molecule has 0 aromatic heterocycles. The van der Waals surface area contributed by atoms with Gasteiger partial charge in [0.15, 0.2) is 0 Å². The lowest BCUT2D eigenvalue weighted by molar-refractivity contribution is -0.172. The molecule has 70 valence electrons. The highest BCUT2D eigenvalue weighted by molar-refractivity contribution is 5.17. The van der Waals surface area contributed by atoms with Gasteiger partial charge in [0.1, 0.15) is 6.79 Å². The van der Waals surface area contributed by atoms with Crippen molar-refractivity contribution >= 4 is 0 Å². The minimum Gasteiger partial charge on any atom is -0.352 e. The van der Waals surface area contributed by atoms with Gasteiger partial charge in [-0.1, -0.05) is 30.3 Å². The molecule has 1 fully saturated rings. The van der Waals surface area contributed by atoms with Crippen LogP contribution < -0.4 is 0 Å². The van der Waals surface area contributed by atoms with Gasteiger partial charge in [-0.3, -0.25) is 0 Å². The maximum absolute atomic E-state index is 5.51. The van der Waals surface area contributed by atoms with Gasteiger partial charge in [-0.05, 0) is 12.5 Å². The lowest BCUT2D eigenvalue weighted by Crippen LogP contribution is -2.23. The van der Waals surface area contributed by atoms with E-state index in [4.69, 9.17) is 9.47 Å². The van der Waals surface area contributed by atoms with E-state index in [9.17, 15) is 0 Å². The van der Waals surface area contributed by atoms with Crippen LogP contribution in [0.15, 0.2) is 30.3 Å². The molecule has 0 radical (unpaired) electrons. The summed E-state index contributed by atoms with van der Waals surface area (Å²) in [6.07, 6.45) is 1.47. The van der Waals surface area contributed by atoms with E-state index in [2.05, 4.69) is 19.1 Å². The first kappa shape index (κ1) is 8.73. The standard InChI is InChI=1S/C11H14O2/c1-9-7-11(13-8-12-9)10-5-3-2-4-6-10/h2-6,9,11H,7-8H2,1H3/t9-,11+/m1/s1. The molecule has 2 heteroatoms. The highest BCUT2D eigenvalue weighted by Crippen LogP contribution is 2.26. The van der Waals surface area contributed by atoms with Crippen molar-refractivity contribution in [1.29, 1.82) is 0 Å². The van der Waals surface area contributed by atoms with Crippen molar-refractivity contribution in [2.45, 2.75) is 25.6 Å². The van der Waals surface area contributed by atoms with Gasteiger partial charge in [-0.25, -0.2) is 0 Å². The largest absolute Gasteiger partial charge is 0.352 e. The van der Waals surface area contributed by atoms with Gasteiger partial charge in [0.25, 0.3) is 0 Å². The summed E-state index contributed by atoms with van der Waals surface area (Å²) in [5, 5.41) is 0. The van der Waals surface area contributed by atoms with Crippen LogP contribution in [-0.2, 0) is 9.47 Å². The van der Waals surface area contributed by atoms with Gasteiger partial charge >= 0.3 is 0 Å². The Morgan fingerprint density at radius 2 is 1.92 bits per heavy atom. The molecule has 0 bridgehead atoms. The highest BCUT2D eigenvalue weighted by atomic mass is 16.7. The van der Waals surface area contributed by atoms with Crippen LogP contribution in [0.5, 0.6) is 0 Å². The number of hydrogen-bond acceptors (Lipinski definition) is 2. The maximum atomic E-state index is 5.51. The Bertz CT molecular complexity index is 258. The average molecular weight is 178 g/mol. The third-order valence-electron chi connectivity index (χ3n) is 2.34. The average Bonchev–Trinajstić information content (AvgIpc) is 2.19. The van der Waals surface area contributed by atoms with Crippen molar-refractivity contribution in [1.82, 2.24) is 0 Å². The quantitative estimate of drug-likeness (QED) is 0.657. The molecule has 2 atom stereocenters. The molecule has 1 aliphatic rings. The van der Waals surface area contributed by atoms with E-state index in [-0.39, 0.29) is 6.10 Å². The zero-order valence-corrected chi connectivity index (χ0v) is 7.77. The predicted octanol–water partition coefficient (Wildman–Crippen LogP) is 2.51. The molecule has 1 heterocycles. The lowest BCUT2D eigenvalue weighted by atomic mass is 10.0. The Balaban J connectivity index is 2.08. The minimum atomic E-state index is 0.213. The first-order valence-electron chi connectivity index (χ1n) is 4.64. The molecule has 2 rings (SSSR count). The third-order valence-corrected chi connectivity index (χ3v) is 2.34. The summed E-state index contributed by atoms with van der Waals surface area (Å²) >= 11 is 0. The highest BCUT2D eigenvalue weighted by Gasteiger charge is 2.20. The lowest BCUT2D eigenvalue weighted by Gasteiger charge is -2.27. The van der Waals surface area contributed by atoms with Gasteiger partial charge in [0.05, 0.1) is 12.2 Å². The van der Waals surface area contributed by atoms with Crippen LogP contribution in [0.4, 0.5) is 0 Å². The Morgan fingerprint density at radius 1 is 1.15 bits per heavy atom. The topological polar surface area (TPSA) is 18.5 Å². The van der Waals surface area contributed by atoms with E-state index in [1.165, 1.54) is 5.56 Å². The van der Waals surface area contributed by atoms with Crippen LogP contribution in [0.25, 0.3) is 0 Å². The molecule has 0 unspecified atom stereocenters. The van der Waals surface area contributed by atoms with Crippen molar-refractivity contribution in [3.8, 4) is 0 Å². The molecule has 0 spiro atoms. The SMILES string of the molecule is C[C@@H]1C[C@@H](c2ccccc2)OCO1. The van der Waals surface area contributed by atoms with Crippen molar-refractivity contribution in [2.24, 2.45) is 0 Å². The molecule has 2 nitrogen and oxygen atoms in total. The van der Waals surface area contributed by atoms with Crippen molar-refractivity contribution in [3.63, 3.8) is 0 Å². The fraction of sp³-hybridized carbons (Fsp3) is 0.455. The Kier molecular flexibility index (Phi) is 2.62. The maximum Gasteiger partial charge on any atom is 0.147 e. The normalized spacial score (nSPS) is 28.7. The molecule has 1 aliphatic heterocycles. The van der Waals surface area contributed by atoms with Gasteiger partial charge in [0.2, 0.25) is 0 Å². The summed E-state index contributed by atoms with van der Waals surface area (Å²) < 4.78 is 10.8. The van der Waals surface area contributed by atoms with Crippen LogP contribution in [0.3, 0.4) is 0 Å². The monoisotopic (exact) mass is 178 g/mol. The fourth-order valence-electron chi connectivity index (χ4n) is 1.58. The summed E-state index contributed by atoms with van der Waals surface area (Å²) in [7, 11) is 0. The molecule has 1 saturated heterocycles. The number of benzene rings is 1. The van der Waals surface area contributed by atoms with Crippen LogP contribution >= 0.6 is 0 Å². The summed E-state index contributed by atoms with van der Waals surface area (Å²) in [6.45, 7) is 2.50. The van der Waals surface area contributed by atoms with Crippen LogP contribution in [0, 0.1) is 0 Å². The van der Waals surface area contributed by atoms with Crippen molar-refractivity contribution in [2.75, 3.05) is 6.79 Å². The predicted molar refractivity (Wildman–Crippen MR) is 50.3 cm³/mol. The van der Waals surface area contributed by atoms with Crippen molar-refractivity contribution < 1.29 is 9.47 Å². The third kappa shape index (κ3) is 2.08. The molecule has 0 aliphatic carbocycles. The number of ether oxygens (including phenoxy) is 2. The van der Waals surface area contributed by atoms with E-state index >= 15 is 0 Å². The second-order valence-electron chi connectivity index (χ2n) is 3.40. The van der Waals surface area contributed by atoms with Crippen LogP contribution in [-0.4, -0.2) is 12.9 Å². The summed E-state index contributed by atoms with van der Waals surface area (Å²) in [4.78, 5) is 0. The zero-order valence-electron chi connectivity index (χ0n) is 7.77. The molecular weight excluding hydrogens is 164 g/mol. The molecule has 0 saturated carbocycles. The van der Waals surface area contributed by atoms with E-state index in [0.29, 0.717) is 12.9 Å². The van der Waals surface area contributed by atoms with Crippen LogP contribution in [0.2, 0.25) is 0 Å². The second-order valence-corrected chi connectivity index (χ2v) is 3.40. The van der Waals surface area contributed by atoms with Gasteiger partial charge in [0, 0.05) is 6.42 Å². The van der Waals surface area contributed by atoms with E-state index < -0.39 is 0 Å². The van der Waals surface area contributed by atoms with Gasteiger partial charge in [-0.15, -0.1) is 0 Å². The first-order valence-corrected chi connectivity index (χ1v) is 4.64. The molecular formula is C11H14O2. The summed E-state index contributed by atoms with van der Waals surface area (Å²) in [6, 6.07) is 10.3. The zero-order chi connectivity index (χ0) is 9.10. The molecule has 0 amide bonds. The van der Waals surface area contributed by atoms with Crippen LogP contribution in [0.1, 0.15) is 25.0 Å². The Labute approximate surface area is 78.5 Å². The Hall–Kier alpha value is -0.860. The smallest absolute Gasteiger partial charge is 0.147 e. The fourth-order valence-corrected chi connectivity index (χ4v) is 1.58. The minimum absolute atomic E-state index is 0.213. The molecule has 13 heavy (non-hydrogen) atoms. The van der Waals surface area contributed by atoms with E-state index in [1.54, 1.807) is 0 Å². The number of rotatable bonds is 1. The Morgan fingerprint density at radius 3 is 2.62 bits per heavy atom. The van der Waals surface area contributed by atoms with Gasteiger partial charge in [-0.2, -0.15) is 0 Å². The number of hydrogen-bond donors (Lipinski definition) is 0. The molecule has 1 aromatic carbocycles.